The van der Waals surface area contributed by atoms with Gasteiger partial charge in [0.1, 0.15) is 29.8 Å². The Labute approximate surface area is 349 Å². The van der Waals surface area contributed by atoms with Crippen molar-refractivity contribution in [2.24, 2.45) is 16.7 Å². The van der Waals surface area contributed by atoms with Crippen molar-refractivity contribution in [2.45, 2.75) is 78.1 Å². The molecule has 1 unspecified atom stereocenters. The number of piperazine rings is 1. The molecule has 0 radical (unpaired) electrons. The number of nitrogens with one attached hydrogen (secondary N) is 2. The Morgan fingerprint density at radius 3 is 2.27 bits per heavy atom. The molecular weight excluding hydrogens is 773 g/mol. The summed E-state index contributed by atoms with van der Waals surface area (Å²) in [5, 5.41) is 15.2. The molecule has 3 saturated heterocycles. The van der Waals surface area contributed by atoms with Crippen LogP contribution in [0.5, 0.6) is 5.75 Å². The molecule has 3 aromatic rings. The van der Waals surface area contributed by atoms with Gasteiger partial charge >= 0.3 is 0 Å². The van der Waals surface area contributed by atoms with Gasteiger partial charge in [-0.2, -0.15) is 5.26 Å². The molecule has 0 spiro atoms. The predicted molar refractivity (Wildman–Crippen MR) is 222 cm³/mol. The number of anilines is 2. The zero-order valence-electron chi connectivity index (χ0n) is 34.0. The van der Waals surface area contributed by atoms with E-state index in [0.29, 0.717) is 57.7 Å². The second-order valence-corrected chi connectivity index (χ2v) is 18.3. The maximum absolute atomic E-state index is 15.4. The van der Waals surface area contributed by atoms with Crippen molar-refractivity contribution < 1.29 is 28.3 Å². The molecule has 8 rings (SSSR count). The summed E-state index contributed by atoms with van der Waals surface area (Å²) < 4.78 is 21.8. The number of imide groups is 1. The smallest absolute Gasteiger partial charge is 0.255 e. The molecule has 0 bridgehead atoms. The minimum atomic E-state index is -0.727. The van der Waals surface area contributed by atoms with Crippen LogP contribution in [0.1, 0.15) is 85.2 Å². The minimum Gasteiger partial charge on any atom is -0.489 e. The fourth-order valence-electron chi connectivity index (χ4n) is 10.4. The van der Waals surface area contributed by atoms with E-state index in [2.05, 4.69) is 54.2 Å². The first-order valence-electron chi connectivity index (χ1n) is 20.6. The Hall–Kier alpha value is -5.19. The fourth-order valence-corrected chi connectivity index (χ4v) is 10.6. The van der Waals surface area contributed by atoms with Crippen molar-refractivity contribution in [3.05, 3.63) is 87.7 Å². The topological polar surface area (TPSA) is 138 Å². The van der Waals surface area contributed by atoms with Crippen LogP contribution in [-0.2, 0) is 16.1 Å². The van der Waals surface area contributed by atoms with Crippen LogP contribution in [-0.4, -0.2) is 97.4 Å². The lowest BCUT2D eigenvalue weighted by Gasteiger charge is -2.63. The van der Waals surface area contributed by atoms with Gasteiger partial charge in [0.15, 0.2) is 0 Å². The SMILES string of the molecule is CC1(C)[C@H](NC(=O)c2ccc(N3CCN(CC4CCN(c5cc6c(cc5F)CN(C5CCC(=O)NC5=O)C6=O)CC4)CC3)cc2)C(C)(C)[C@H]1Oc1ccc(C#N)c(Cl)c1. The number of carbonyl (C=O) groups excluding carboxylic acids is 4. The quantitative estimate of drug-likeness (QED) is 0.258. The molecule has 2 N–H and O–H groups in total. The van der Waals surface area contributed by atoms with E-state index < -0.39 is 11.9 Å². The molecular formula is C45H51ClFN7O5. The summed E-state index contributed by atoms with van der Waals surface area (Å²) in [5.41, 5.74) is 2.80. The van der Waals surface area contributed by atoms with Gasteiger partial charge in [0.05, 0.1) is 16.3 Å². The van der Waals surface area contributed by atoms with Gasteiger partial charge in [0.25, 0.3) is 11.8 Å². The third-order valence-corrected chi connectivity index (χ3v) is 13.7. The summed E-state index contributed by atoms with van der Waals surface area (Å²) in [4.78, 5) is 59.3. The largest absolute Gasteiger partial charge is 0.489 e. The third-order valence-electron chi connectivity index (χ3n) is 13.4. The van der Waals surface area contributed by atoms with Crippen LogP contribution in [0.15, 0.2) is 54.6 Å². The molecule has 1 saturated carbocycles. The summed E-state index contributed by atoms with van der Waals surface area (Å²) in [6.07, 6.45) is 2.11. The lowest BCUT2D eigenvalue weighted by molar-refractivity contribution is -0.164. The van der Waals surface area contributed by atoms with Crippen LogP contribution >= 0.6 is 11.6 Å². The molecule has 4 heterocycles. The van der Waals surface area contributed by atoms with E-state index in [1.54, 1.807) is 24.3 Å². The molecule has 3 aromatic carbocycles. The number of halogens is 2. The molecule has 59 heavy (non-hydrogen) atoms. The average molecular weight is 824 g/mol. The van der Waals surface area contributed by atoms with E-state index in [1.165, 1.54) is 11.0 Å². The van der Waals surface area contributed by atoms with Gasteiger partial charge in [-0.3, -0.25) is 29.4 Å². The third kappa shape index (κ3) is 7.73. The lowest BCUT2D eigenvalue weighted by Crippen LogP contribution is -2.74. The number of carbonyl (C=O) groups is 4. The van der Waals surface area contributed by atoms with Gasteiger partial charge in [-0.1, -0.05) is 39.3 Å². The Morgan fingerprint density at radius 2 is 1.63 bits per heavy atom. The zero-order valence-corrected chi connectivity index (χ0v) is 34.8. The lowest BCUT2D eigenvalue weighted by atomic mass is 9.49. The second-order valence-electron chi connectivity index (χ2n) is 17.9. The summed E-state index contributed by atoms with van der Waals surface area (Å²) >= 11 is 6.25. The van der Waals surface area contributed by atoms with Crippen LogP contribution in [0.25, 0.3) is 0 Å². The van der Waals surface area contributed by atoms with Gasteiger partial charge in [-0.15, -0.1) is 0 Å². The first kappa shape index (κ1) is 40.6. The van der Waals surface area contributed by atoms with Crippen LogP contribution in [0.4, 0.5) is 15.8 Å². The summed E-state index contributed by atoms with van der Waals surface area (Å²) in [5.74, 6) is -0.508. The van der Waals surface area contributed by atoms with E-state index in [9.17, 15) is 24.4 Å². The number of amides is 4. The number of fused-ring (bicyclic) bond motifs is 1. The van der Waals surface area contributed by atoms with Crippen molar-refractivity contribution in [3.63, 3.8) is 0 Å². The molecule has 12 nitrogen and oxygen atoms in total. The van der Waals surface area contributed by atoms with Gasteiger partial charge in [-0.25, -0.2) is 4.39 Å². The number of nitriles is 1. The minimum absolute atomic E-state index is 0.123. The summed E-state index contributed by atoms with van der Waals surface area (Å²) in [6.45, 7) is 14.5. The van der Waals surface area contributed by atoms with E-state index in [1.807, 2.05) is 29.2 Å². The maximum atomic E-state index is 15.4. The molecule has 0 aromatic heterocycles. The van der Waals surface area contributed by atoms with E-state index in [0.717, 1.165) is 51.3 Å². The van der Waals surface area contributed by atoms with Crippen LogP contribution in [0.2, 0.25) is 5.02 Å². The second kappa shape index (κ2) is 15.8. The number of ether oxygens (including phenoxy) is 1. The van der Waals surface area contributed by atoms with E-state index >= 15 is 4.39 Å². The monoisotopic (exact) mass is 823 g/mol. The van der Waals surface area contributed by atoms with Crippen molar-refractivity contribution in [2.75, 3.05) is 55.6 Å². The Kier molecular flexibility index (Phi) is 10.8. The highest BCUT2D eigenvalue weighted by atomic mass is 35.5. The average Bonchev–Trinajstić information content (AvgIpc) is 3.53. The number of piperidine rings is 2. The van der Waals surface area contributed by atoms with E-state index in [4.69, 9.17) is 16.3 Å². The number of hydrogen-bond acceptors (Lipinski definition) is 9. The van der Waals surface area contributed by atoms with Crippen LogP contribution in [0, 0.1) is 33.9 Å². The maximum Gasteiger partial charge on any atom is 0.255 e. The number of rotatable bonds is 9. The van der Waals surface area contributed by atoms with Gasteiger partial charge in [-0.05, 0) is 79.3 Å². The molecule has 1 atom stereocenters. The Morgan fingerprint density at radius 1 is 0.932 bits per heavy atom. The number of benzene rings is 3. The van der Waals surface area contributed by atoms with Gasteiger partial charge < -0.3 is 24.8 Å². The zero-order chi connectivity index (χ0) is 41.8. The Balaban J connectivity index is 0.792. The van der Waals surface area contributed by atoms with Crippen molar-refractivity contribution in [1.29, 1.82) is 5.26 Å². The highest BCUT2D eigenvalue weighted by molar-refractivity contribution is 6.31. The van der Waals surface area contributed by atoms with Crippen LogP contribution < -0.4 is 25.2 Å². The van der Waals surface area contributed by atoms with Crippen molar-refractivity contribution >= 4 is 46.6 Å². The number of nitrogens with zero attached hydrogens (tertiary/aromatic N) is 5. The molecule has 310 valence electrons. The fraction of sp³-hybridized carbons (Fsp3) is 0.489. The highest BCUT2D eigenvalue weighted by Gasteiger charge is 2.64. The highest BCUT2D eigenvalue weighted by Crippen LogP contribution is 2.55. The molecule has 14 heteroatoms. The molecule has 1 aliphatic carbocycles. The summed E-state index contributed by atoms with van der Waals surface area (Å²) in [6, 6.07) is 17.2. The molecule has 4 fully saturated rings. The van der Waals surface area contributed by atoms with Crippen LogP contribution in [0.3, 0.4) is 0 Å². The Bertz CT molecular complexity index is 2190. The molecule has 5 aliphatic rings. The first-order chi connectivity index (χ1) is 28.1. The standard InChI is InChI=1S/C45H51ClFN7O5/c1-44(2)42(45(3,4)43(44)59-32-10-7-29(24-48)34(46)22-32)50-39(56)28-5-8-31(9-6-28)52-19-17-51(18-20-52)25-27-13-15-53(16-14-27)37-23-33-30(21-35(37)47)26-54(41(33)58)36-11-12-38(55)49-40(36)57/h5-10,21-23,27,36,42-43H,11-20,25-26H2,1-4H3,(H,50,56)(H,49,55,57)/t36?,42-,43-. The van der Waals surface area contributed by atoms with Crippen molar-refractivity contribution in [3.8, 4) is 11.8 Å². The summed E-state index contributed by atoms with van der Waals surface area (Å²) in [7, 11) is 0. The van der Waals surface area contributed by atoms with Gasteiger partial charge in [0.2, 0.25) is 11.8 Å². The molecule has 4 aliphatic heterocycles. The predicted octanol–water partition coefficient (Wildman–Crippen LogP) is 5.76. The van der Waals surface area contributed by atoms with Crippen molar-refractivity contribution in [1.82, 2.24) is 20.4 Å². The first-order valence-corrected chi connectivity index (χ1v) is 21.0. The number of hydrogen-bond donors (Lipinski definition) is 2. The normalized spacial score (nSPS) is 24.3. The van der Waals surface area contributed by atoms with Gasteiger partial charge in [0, 0.05) is 98.5 Å². The van der Waals surface area contributed by atoms with E-state index in [-0.39, 0.29) is 65.9 Å². The molecule has 4 amide bonds.